The van der Waals surface area contributed by atoms with E-state index in [-0.39, 0.29) is 40.4 Å². The van der Waals surface area contributed by atoms with Crippen LogP contribution in [-0.2, 0) is 9.47 Å². The van der Waals surface area contributed by atoms with Crippen molar-refractivity contribution in [2.75, 3.05) is 13.9 Å². The minimum atomic E-state index is -0.658. The molecule has 0 saturated heterocycles. The second kappa shape index (κ2) is 14.1. The SMILES string of the molecule is COc1ccc(C(=Cc2c(Cl)c[n+]([O-])cc2Cl)OC(=O)c2ccccc2OCOC2CCCC2)cc1OC1CCCC1. The molecule has 0 unspecified atom stereocenters. The number of carbonyl (C=O) groups is 1. The first kappa shape index (κ1) is 30.0. The van der Waals surface area contributed by atoms with Gasteiger partial charge in [0.1, 0.15) is 27.1 Å². The molecule has 2 saturated carbocycles. The van der Waals surface area contributed by atoms with E-state index in [1.165, 1.54) is 18.5 Å². The zero-order valence-corrected chi connectivity index (χ0v) is 24.9. The van der Waals surface area contributed by atoms with Crippen molar-refractivity contribution in [3.63, 3.8) is 0 Å². The lowest BCUT2D eigenvalue weighted by Gasteiger charge is -2.18. The minimum absolute atomic E-state index is 0.0302. The molecule has 3 aromatic rings. The Morgan fingerprint density at radius 1 is 0.929 bits per heavy atom. The van der Waals surface area contributed by atoms with E-state index in [0.717, 1.165) is 51.4 Å². The second-order valence-electron chi connectivity index (χ2n) is 10.3. The number of ether oxygens (including phenoxy) is 5. The molecule has 0 radical (unpaired) electrons. The monoisotopic (exact) mass is 613 g/mol. The Labute approximate surface area is 255 Å². The van der Waals surface area contributed by atoms with E-state index in [2.05, 4.69) is 0 Å². The fourth-order valence-electron chi connectivity index (χ4n) is 5.23. The summed E-state index contributed by atoms with van der Waals surface area (Å²) < 4.78 is 30.0. The normalized spacial score (nSPS) is 16.0. The number of para-hydroxylation sites is 1. The first-order valence-electron chi connectivity index (χ1n) is 14.1. The Morgan fingerprint density at radius 3 is 2.29 bits per heavy atom. The molecule has 8 nitrogen and oxygen atoms in total. The van der Waals surface area contributed by atoms with Crippen molar-refractivity contribution in [2.45, 2.75) is 63.6 Å². The molecule has 5 rings (SSSR count). The molecule has 42 heavy (non-hydrogen) atoms. The van der Waals surface area contributed by atoms with Crippen LogP contribution in [0.4, 0.5) is 0 Å². The van der Waals surface area contributed by atoms with Crippen LogP contribution in [0.1, 0.15) is 72.9 Å². The predicted octanol–water partition coefficient (Wildman–Crippen LogP) is 7.61. The molecule has 10 heteroatoms. The van der Waals surface area contributed by atoms with E-state index in [4.69, 9.17) is 46.9 Å². The van der Waals surface area contributed by atoms with Gasteiger partial charge in [-0.3, -0.25) is 0 Å². The number of hydrogen-bond donors (Lipinski definition) is 0. The fraction of sp³-hybridized carbons (Fsp3) is 0.375. The molecule has 0 amide bonds. The third kappa shape index (κ3) is 7.48. The maximum atomic E-state index is 13.6. The number of halogens is 2. The van der Waals surface area contributed by atoms with E-state index in [1.54, 1.807) is 49.6 Å². The van der Waals surface area contributed by atoms with Crippen LogP contribution in [0.25, 0.3) is 11.8 Å². The number of esters is 1. The summed E-state index contributed by atoms with van der Waals surface area (Å²) in [5.74, 6) is 0.903. The Bertz CT molecular complexity index is 1410. The second-order valence-corrected chi connectivity index (χ2v) is 11.2. The third-order valence-corrected chi connectivity index (χ3v) is 8.05. The van der Waals surface area contributed by atoms with E-state index in [9.17, 15) is 10.0 Å². The highest BCUT2D eigenvalue weighted by Crippen LogP contribution is 2.37. The molecule has 1 aromatic heterocycles. The van der Waals surface area contributed by atoms with Crippen LogP contribution < -0.4 is 18.9 Å². The van der Waals surface area contributed by atoms with Gasteiger partial charge in [0.15, 0.2) is 30.7 Å². The van der Waals surface area contributed by atoms with Gasteiger partial charge >= 0.3 is 5.97 Å². The standard InChI is InChI=1S/C32H33Cl2NO7/c1-38-29-15-14-21(16-31(29)41-23-10-4-5-11-23)30(17-25-26(33)18-35(37)19-27(25)34)42-32(36)24-12-6-7-13-28(24)40-20-39-22-8-2-3-9-22/h6-7,12-19,22-23H,2-5,8-11,20H2,1H3. The van der Waals surface area contributed by atoms with Crippen molar-refractivity contribution in [3.8, 4) is 17.2 Å². The summed E-state index contributed by atoms with van der Waals surface area (Å²) >= 11 is 12.8. The maximum Gasteiger partial charge on any atom is 0.347 e. The van der Waals surface area contributed by atoms with Gasteiger partial charge in [-0.2, -0.15) is 4.73 Å². The average Bonchev–Trinajstić information content (AvgIpc) is 3.69. The molecule has 2 aliphatic carbocycles. The summed E-state index contributed by atoms with van der Waals surface area (Å²) in [6.45, 7) is 0.0302. The highest BCUT2D eigenvalue weighted by atomic mass is 35.5. The van der Waals surface area contributed by atoms with Crippen LogP contribution in [0, 0.1) is 5.21 Å². The lowest BCUT2D eigenvalue weighted by molar-refractivity contribution is -0.605. The largest absolute Gasteiger partial charge is 0.619 e. The number of aromatic nitrogens is 1. The van der Waals surface area contributed by atoms with Gasteiger partial charge in [-0.1, -0.05) is 48.2 Å². The number of pyridine rings is 1. The highest BCUT2D eigenvalue weighted by Gasteiger charge is 2.23. The maximum absolute atomic E-state index is 13.6. The van der Waals surface area contributed by atoms with Crippen LogP contribution in [-0.4, -0.2) is 32.1 Å². The first-order chi connectivity index (χ1) is 20.4. The summed E-state index contributed by atoms with van der Waals surface area (Å²) in [4.78, 5) is 13.6. The number of nitrogens with zero attached hydrogens (tertiary/aromatic N) is 1. The van der Waals surface area contributed by atoms with E-state index >= 15 is 0 Å². The topological polar surface area (TPSA) is 90.2 Å². The van der Waals surface area contributed by atoms with E-state index in [1.807, 2.05) is 0 Å². The number of rotatable bonds is 11. The Balaban J connectivity index is 1.46. The van der Waals surface area contributed by atoms with Crippen molar-refractivity contribution >= 4 is 41.0 Å². The van der Waals surface area contributed by atoms with Gasteiger partial charge in [0.05, 0.1) is 19.3 Å². The molecule has 222 valence electrons. The van der Waals surface area contributed by atoms with Gasteiger partial charge < -0.3 is 28.9 Å². The number of methoxy groups -OCH3 is 1. The van der Waals surface area contributed by atoms with Gasteiger partial charge in [-0.15, -0.1) is 0 Å². The molecule has 2 aromatic carbocycles. The summed E-state index contributed by atoms with van der Waals surface area (Å²) in [5, 5.41) is 12.0. The summed E-state index contributed by atoms with van der Waals surface area (Å²) in [6.07, 6.45) is 12.5. The number of benzene rings is 2. The van der Waals surface area contributed by atoms with Crippen molar-refractivity contribution < 1.29 is 33.2 Å². The lowest BCUT2D eigenvalue weighted by Crippen LogP contribution is -2.24. The van der Waals surface area contributed by atoms with Gasteiger partial charge in [0.2, 0.25) is 0 Å². The van der Waals surface area contributed by atoms with Gasteiger partial charge in [-0.25, -0.2) is 4.79 Å². The van der Waals surface area contributed by atoms with Crippen LogP contribution in [0.3, 0.4) is 0 Å². The number of carbonyl (C=O) groups excluding carboxylic acids is 1. The van der Waals surface area contributed by atoms with Crippen molar-refractivity contribution in [3.05, 3.63) is 86.8 Å². The predicted molar refractivity (Wildman–Crippen MR) is 160 cm³/mol. The molecule has 0 atom stereocenters. The zero-order chi connectivity index (χ0) is 29.5. The van der Waals surface area contributed by atoms with Gasteiger partial charge in [0.25, 0.3) is 0 Å². The van der Waals surface area contributed by atoms with Gasteiger partial charge in [-0.05, 0) is 74.9 Å². The highest BCUT2D eigenvalue weighted by molar-refractivity contribution is 6.37. The molecule has 2 aliphatic rings. The summed E-state index contributed by atoms with van der Waals surface area (Å²) in [7, 11) is 1.57. The van der Waals surface area contributed by atoms with Crippen LogP contribution >= 0.6 is 23.2 Å². The quantitative estimate of drug-likeness (QED) is 0.0722. The fourth-order valence-corrected chi connectivity index (χ4v) is 5.78. The smallest absolute Gasteiger partial charge is 0.347 e. The minimum Gasteiger partial charge on any atom is -0.619 e. The van der Waals surface area contributed by atoms with Crippen molar-refractivity contribution in [1.82, 2.24) is 0 Å². The molecule has 0 spiro atoms. The molecule has 1 heterocycles. The molecule has 0 N–H and O–H groups in total. The van der Waals surface area contributed by atoms with Crippen LogP contribution in [0.5, 0.6) is 17.2 Å². The van der Waals surface area contributed by atoms with Crippen LogP contribution in [0.15, 0.2) is 54.9 Å². The third-order valence-electron chi connectivity index (χ3n) is 7.45. The number of hydrogen-bond acceptors (Lipinski definition) is 7. The molecular weight excluding hydrogens is 581 g/mol. The van der Waals surface area contributed by atoms with E-state index < -0.39 is 5.97 Å². The van der Waals surface area contributed by atoms with Crippen molar-refractivity contribution in [2.24, 2.45) is 0 Å². The molecule has 0 aliphatic heterocycles. The van der Waals surface area contributed by atoms with Crippen molar-refractivity contribution in [1.29, 1.82) is 0 Å². The Kier molecular flexibility index (Phi) is 10.1. The Hall–Kier alpha value is -3.46. The molecule has 2 fully saturated rings. The van der Waals surface area contributed by atoms with Crippen LogP contribution in [0.2, 0.25) is 10.0 Å². The zero-order valence-electron chi connectivity index (χ0n) is 23.4. The molecular formula is C32H33Cl2NO7. The average molecular weight is 615 g/mol. The molecule has 0 bridgehead atoms. The van der Waals surface area contributed by atoms with E-state index in [0.29, 0.717) is 33.1 Å². The Morgan fingerprint density at radius 2 is 1.60 bits per heavy atom. The summed E-state index contributed by atoms with van der Waals surface area (Å²) in [6, 6.07) is 12.1. The van der Waals surface area contributed by atoms with Gasteiger partial charge in [0, 0.05) is 11.1 Å². The summed E-state index contributed by atoms with van der Waals surface area (Å²) in [5.41, 5.74) is 1.06. The lowest BCUT2D eigenvalue weighted by atomic mass is 10.1. The first-order valence-corrected chi connectivity index (χ1v) is 14.9.